The zero-order chi connectivity index (χ0) is 26.2. The minimum atomic E-state index is -0.528. The molecule has 0 atom stereocenters. The van der Waals surface area contributed by atoms with Gasteiger partial charge in [0.25, 0.3) is 5.89 Å². The zero-order valence-electron chi connectivity index (χ0n) is 21.2. The van der Waals surface area contributed by atoms with Crippen molar-refractivity contribution < 1.29 is 9.15 Å². The minimum Gasteiger partial charge on any atom is -0.403 e. The summed E-state index contributed by atoms with van der Waals surface area (Å²) in [6.45, 7) is 2.75. The number of nitrogens with one attached hydrogen (secondary N) is 1. The summed E-state index contributed by atoms with van der Waals surface area (Å²) in [7, 11) is 0. The van der Waals surface area contributed by atoms with Crippen molar-refractivity contribution in [2.24, 2.45) is 0 Å². The molecule has 39 heavy (non-hydrogen) atoms. The van der Waals surface area contributed by atoms with Gasteiger partial charge in [-0.15, -0.1) is 5.10 Å². The summed E-state index contributed by atoms with van der Waals surface area (Å²) < 4.78 is 13.6. The summed E-state index contributed by atoms with van der Waals surface area (Å²) in [5, 5.41) is 17.1. The molecule has 0 unspecified atom stereocenters. The molecule has 1 saturated heterocycles. The summed E-state index contributed by atoms with van der Waals surface area (Å²) in [6, 6.07) is 17.6. The number of benzene rings is 2. The maximum absolute atomic E-state index is 13.1. The first kappa shape index (κ1) is 23.5. The van der Waals surface area contributed by atoms with Gasteiger partial charge in [-0.2, -0.15) is 5.10 Å². The van der Waals surface area contributed by atoms with E-state index in [1.54, 1.807) is 6.07 Å². The van der Waals surface area contributed by atoms with Crippen LogP contribution in [0.15, 0.2) is 70.0 Å². The lowest BCUT2D eigenvalue weighted by Gasteiger charge is -2.28. The Morgan fingerprint density at radius 3 is 2.51 bits per heavy atom. The van der Waals surface area contributed by atoms with Crippen LogP contribution in [0.2, 0.25) is 0 Å². The molecule has 1 aliphatic carbocycles. The molecule has 0 radical (unpaired) electrons. The molecule has 0 bridgehead atoms. The molecule has 196 valence electrons. The molecule has 1 saturated carbocycles. The number of aromatic nitrogens is 6. The van der Waals surface area contributed by atoms with Gasteiger partial charge in [0.1, 0.15) is 5.56 Å². The fraction of sp³-hybridized carbons (Fsp3) is 0.286. The van der Waals surface area contributed by atoms with Gasteiger partial charge in [0.05, 0.1) is 30.5 Å². The lowest BCUT2D eigenvalue weighted by Crippen LogP contribution is -2.37. The van der Waals surface area contributed by atoms with Crippen LogP contribution in [0.4, 0.5) is 17.7 Å². The second-order valence-corrected chi connectivity index (χ2v) is 9.68. The highest BCUT2D eigenvalue weighted by atomic mass is 16.5. The molecule has 2 aromatic carbocycles. The number of nitrogens with zero attached hydrogens (tertiary/aromatic N) is 7. The minimum absolute atomic E-state index is 0.00109. The van der Waals surface area contributed by atoms with Crippen LogP contribution < -0.4 is 15.8 Å². The Morgan fingerprint density at radius 1 is 0.923 bits per heavy atom. The average molecular weight is 523 g/mol. The molecule has 4 heterocycles. The summed E-state index contributed by atoms with van der Waals surface area (Å²) in [5.74, 6) is 1.12. The van der Waals surface area contributed by atoms with Gasteiger partial charge >= 0.3 is 11.6 Å². The molecular weight excluding hydrogens is 496 g/mol. The number of para-hydroxylation sites is 1. The number of fused-ring (bicyclic) bond motifs is 1. The first-order chi connectivity index (χ1) is 19.2. The average Bonchev–Trinajstić information content (AvgIpc) is 3.56. The van der Waals surface area contributed by atoms with Crippen molar-refractivity contribution in [1.82, 2.24) is 29.9 Å². The maximum atomic E-state index is 13.1. The van der Waals surface area contributed by atoms with E-state index >= 15 is 0 Å². The van der Waals surface area contributed by atoms with Crippen molar-refractivity contribution >= 4 is 28.6 Å². The molecule has 0 spiro atoms. The number of rotatable bonds is 6. The van der Waals surface area contributed by atoms with Gasteiger partial charge in [0.2, 0.25) is 5.82 Å². The van der Waals surface area contributed by atoms with Crippen LogP contribution >= 0.6 is 0 Å². The van der Waals surface area contributed by atoms with Crippen molar-refractivity contribution in [1.29, 1.82) is 0 Å². The Bertz CT molecular complexity index is 1690. The van der Waals surface area contributed by atoms with Crippen LogP contribution in [-0.4, -0.2) is 56.2 Å². The van der Waals surface area contributed by atoms with Crippen molar-refractivity contribution in [2.45, 2.75) is 25.3 Å². The number of anilines is 3. The lowest BCUT2D eigenvalue weighted by molar-refractivity contribution is 0.122. The fourth-order valence-electron chi connectivity index (χ4n) is 4.91. The highest BCUT2D eigenvalue weighted by molar-refractivity contribution is 5.92. The van der Waals surface area contributed by atoms with E-state index in [0.717, 1.165) is 48.3 Å². The Morgan fingerprint density at radius 2 is 1.72 bits per heavy atom. The Balaban J connectivity index is 1.27. The third-order valence-corrected chi connectivity index (χ3v) is 7.21. The molecular formula is C28H26N8O3. The highest BCUT2D eigenvalue weighted by Gasteiger charge is 2.28. The van der Waals surface area contributed by atoms with Crippen molar-refractivity contribution in [3.8, 4) is 22.7 Å². The second-order valence-electron chi connectivity index (χ2n) is 9.68. The van der Waals surface area contributed by atoms with Crippen molar-refractivity contribution in [3.63, 3.8) is 0 Å². The van der Waals surface area contributed by atoms with Gasteiger partial charge in [0.15, 0.2) is 5.82 Å². The van der Waals surface area contributed by atoms with E-state index in [0.29, 0.717) is 36.4 Å². The van der Waals surface area contributed by atoms with E-state index in [9.17, 15) is 4.79 Å². The summed E-state index contributed by atoms with van der Waals surface area (Å²) in [4.78, 5) is 24.3. The topological polar surface area (TPSA) is 124 Å². The first-order valence-corrected chi connectivity index (χ1v) is 13.1. The van der Waals surface area contributed by atoms with Gasteiger partial charge in [-0.1, -0.05) is 53.6 Å². The van der Waals surface area contributed by atoms with Crippen LogP contribution in [-0.2, 0) is 4.74 Å². The number of hydrogen-bond donors (Lipinski definition) is 1. The van der Waals surface area contributed by atoms with Gasteiger partial charge in [-0.05, 0) is 25.3 Å². The lowest BCUT2D eigenvalue weighted by atomic mass is 9.93. The number of ether oxygens (including phenoxy) is 1. The predicted molar refractivity (Wildman–Crippen MR) is 146 cm³/mol. The van der Waals surface area contributed by atoms with Gasteiger partial charge in [0, 0.05) is 30.2 Å². The van der Waals surface area contributed by atoms with E-state index in [-0.39, 0.29) is 11.8 Å². The quantitative estimate of drug-likeness (QED) is 0.347. The van der Waals surface area contributed by atoms with E-state index in [2.05, 4.69) is 25.4 Å². The second kappa shape index (κ2) is 9.91. The summed E-state index contributed by atoms with van der Waals surface area (Å²) in [6.07, 6.45) is 5.39. The van der Waals surface area contributed by atoms with E-state index < -0.39 is 5.56 Å². The monoisotopic (exact) mass is 522 g/mol. The van der Waals surface area contributed by atoms with Crippen LogP contribution in [0, 0.1) is 0 Å². The standard InChI is InChI=1S/C28H26N8O3/c37-26-24(30-23(18-7-2-1-3-8-18)20-11-4-5-12-22(20)29-26)31-28-33-32-27(39-28)21-17-36(19-9-6-10-19)34-25(21)35-13-15-38-16-14-35/h1-5,7-8,11-12,17,19H,6,9-10,13-16H2,(H,29,30,31,33,37). The van der Waals surface area contributed by atoms with Crippen LogP contribution in [0.3, 0.4) is 0 Å². The molecule has 0 amide bonds. The van der Waals surface area contributed by atoms with E-state index in [4.69, 9.17) is 19.2 Å². The Kier molecular flexibility index (Phi) is 5.97. The fourth-order valence-corrected chi connectivity index (χ4v) is 4.91. The summed E-state index contributed by atoms with van der Waals surface area (Å²) >= 11 is 0. The summed E-state index contributed by atoms with van der Waals surface area (Å²) in [5.41, 5.74) is 2.26. The van der Waals surface area contributed by atoms with Crippen LogP contribution in [0.5, 0.6) is 0 Å². The molecule has 3 aromatic heterocycles. The number of hydrogen-bond acceptors (Lipinski definition) is 10. The number of morpholine rings is 1. The molecule has 2 fully saturated rings. The Hall–Kier alpha value is -4.64. The van der Waals surface area contributed by atoms with E-state index in [1.165, 1.54) is 6.42 Å². The third kappa shape index (κ3) is 4.50. The van der Waals surface area contributed by atoms with Crippen molar-refractivity contribution in [3.05, 3.63) is 71.1 Å². The predicted octanol–water partition coefficient (Wildman–Crippen LogP) is 4.21. The van der Waals surface area contributed by atoms with Crippen LogP contribution in [0.1, 0.15) is 25.3 Å². The van der Waals surface area contributed by atoms with Gasteiger partial charge in [-0.3, -0.25) is 14.8 Å². The van der Waals surface area contributed by atoms with Crippen molar-refractivity contribution in [2.75, 3.05) is 36.5 Å². The molecule has 11 heteroatoms. The molecule has 7 rings (SSSR count). The molecule has 11 nitrogen and oxygen atoms in total. The third-order valence-electron chi connectivity index (χ3n) is 7.21. The highest BCUT2D eigenvalue weighted by Crippen LogP contribution is 2.37. The van der Waals surface area contributed by atoms with E-state index in [1.807, 2.05) is 59.4 Å². The zero-order valence-corrected chi connectivity index (χ0v) is 21.2. The van der Waals surface area contributed by atoms with Crippen LogP contribution in [0.25, 0.3) is 33.6 Å². The molecule has 1 aliphatic heterocycles. The van der Waals surface area contributed by atoms with Gasteiger partial charge in [-0.25, -0.2) is 9.97 Å². The largest absolute Gasteiger partial charge is 0.403 e. The Labute approximate surface area is 223 Å². The molecule has 1 N–H and O–H groups in total. The first-order valence-electron chi connectivity index (χ1n) is 13.1. The van der Waals surface area contributed by atoms with Gasteiger partial charge < -0.3 is 14.1 Å². The normalized spacial score (nSPS) is 15.8. The maximum Gasteiger partial charge on any atom is 0.321 e. The smallest absolute Gasteiger partial charge is 0.321 e. The SMILES string of the molecule is O=c1nc2ccccc2c(-c2ccccc2)nc1Nc1nnc(-c2cn(C3CCC3)nc2N2CCOCC2)o1. The molecule has 5 aromatic rings. The molecule has 2 aliphatic rings.